The molecule has 1 aromatic carbocycles. The zero-order valence-corrected chi connectivity index (χ0v) is 10.0. The van der Waals surface area contributed by atoms with Crippen molar-refractivity contribution in [1.29, 1.82) is 0 Å². The van der Waals surface area contributed by atoms with E-state index in [2.05, 4.69) is 0 Å². The molecule has 2 rings (SSSR count). The number of para-hydroxylation sites is 1. The number of hydrogen-bond acceptors (Lipinski definition) is 3. The lowest BCUT2D eigenvalue weighted by atomic mass is 10.1. The van der Waals surface area contributed by atoms with Crippen molar-refractivity contribution in [3.05, 3.63) is 47.7 Å². The van der Waals surface area contributed by atoms with Crippen LogP contribution < -0.4 is 4.90 Å². The van der Waals surface area contributed by atoms with E-state index in [1.54, 1.807) is 6.92 Å². The Labute approximate surface area is 101 Å². The van der Waals surface area contributed by atoms with Gasteiger partial charge in [-0.1, -0.05) is 24.3 Å². The van der Waals surface area contributed by atoms with Crippen LogP contribution in [-0.2, 0) is 9.53 Å². The number of ether oxygens (including phenoxy) is 1. The molecule has 1 heterocycles. The van der Waals surface area contributed by atoms with Gasteiger partial charge in [0.2, 0.25) is 0 Å². The van der Waals surface area contributed by atoms with Crippen molar-refractivity contribution in [2.75, 3.05) is 18.6 Å². The Morgan fingerprint density at radius 2 is 2.12 bits per heavy atom. The fraction of sp³-hybridized carbons (Fsp3) is 0.214. The molecular formula is C14H15NO2. The van der Waals surface area contributed by atoms with E-state index in [-0.39, 0.29) is 5.97 Å². The van der Waals surface area contributed by atoms with Crippen LogP contribution in [-0.4, -0.2) is 19.6 Å². The summed E-state index contributed by atoms with van der Waals surface area (Å²) in [6.45, 7) is 2.19. The van der Waals surface area contributed by atoms with Crippen molar-refractivity contribution >= 4 is 17.7 Å². The van der Waals surface area contributed by atoms with E-state index in [0.29, 0.717) is 6.61 Å². The number of allylic oxidation sites excluding steroid dienone is 1. The lowest BCUT2D eigenvalue weighted by molar-refractivity contribution is -0.137. The molecule has 0 bridgehead atoms. The summed E-state index contributed by atoms with van der Waals surface area (Å²) in [5.74, 6) is -0.307. The van der Waals surface area contributed by atoms with E-state index in [1.165, 1.54) is 6.08 Å². The predicted octanol–water partition coefficient (Wildman–Crippen LogP) is 2.60. The Morgan fingerprint density at radius 1 is 1.35 bits per heavy atom. The Morgan fingerprint density at radius 3 is 2.88 bits per heavy atom. The standard InChI is InChI=1S/C14H15NO2/c1-3-17-14(16)10-12-9-8-11-6-4-5-7-13(11)15(12)2/h4-10H,3H2,1-2H3/b12-10+. The Kier molecular flexibility index (Phi) is 3.28. The summed E-state index contributed by atoms with van der Waals surface area (Å²) in [7, 11) is 1.94. The maximum absolute atomic E-state index is 11.4. The minimum Gasteiger partial charge on any atom is -0.463 e. The quantitative estimate of drug-likeness (QED) is 0.576. The number of carbonyl (C=O) groups is 1. The first kappa shape index (κ1) is 11.5. The summed E-state index contributed by atoms with van der Waals surface area (Å²) in [4.78, 5) is 13.4. The molecule has 3 heteroatoms. The van der Waals surface area contributed by atoms with E-state index < -0.39 is 0 Å². The molecule has 3 nitrogen and oxygen atoms in total. The van der Waals surface area contributed by atoms with Crippen LogP contribution in [0.2, 0.25) is 0 Å². The van der Waals surface area contributed by atoms with Gasteiger partial charge in [0.05, 0.1) is 6.61 Å². The van der Waals surface area contributed by atoms with E-state index in [0.717, 1.165) is 16.9 Å². The third-order valence-corrected chi connectivity index (χ3v) is 2.67. The zero-order chi connectivity index (χ0) is 12.3. The number of nitrogens with zero attached hydrogens (tertiary/aromatic N) is 1. The average Bonchev–Trinajstić information content (AvgIpc) is 2.33. The maximum atomic E-state index is 11.4. The van der Waals surface area contributed by atoms with E-state index in [9.17, 15) is 4.79 Å². The van der Waals surface area contributed by atoms with Crippen molar-refractivity contribution in [2.24, 2.45) is 0 Å². The lowest BCUT2D eigenvalue weighted by Gasteiger charge is -2.25. The van der Waals surface area contributed by atoms with Crippen molar-refractivity contribution in [3.8, 4) is 0 Å². The van der Waals surface area contributed by atoms with Gasteiger partial charge in [0.15, 0.2) is 0 Å². The van der Waals surface area contributed by atoms with Crippen molar-refractivity contribution in [1.82, 2.24) is 0 Å². The SMILES string of the molecule is CCOC(=O)/C=C1\C=Cc2ccccc2N1C. The summed E-state index contributed by atoms with van der Waals surface area (Å²) >= 11 is 0. The van der Waals surface area contributed by atoms with Gasteiger partial charge in [-0.05, 0) is 24.6 Å². The number of carbonyl (C=O) groups excluding carboxylic acids is 1. The first-order valence-electron chi connectivity index (χ1n) is 5.61. The summed E-state index contributed by atoms with van der Waals surface area (Å²) in [6.07, 6.45) is 5.43. The molecule has 0 aliphatic carbocycles. The number of fused-ring (bicyclic) bond motifs is 1. The van der Waals surface area contributed by atoms with Crippen LogP contribution in [0.25, 0.3) is 6.08 Å². The van der Waals surface area contributed by atoms with Crippen LogP contribution in [0, 0.1) is 0 Å². The largest absolute Gasteiger partial charge is 0.463 e. The molecular weight excluding hydrogens is 214 g/mol. The number of rotatable bonds is 2. The predicted molar refractivity (Wildman–Crippen MR) is 68.6 cm³/mol. The molecule has 0 unspecified atom stereocenters. The van der Waals surface area contributed by atoms with Gasteiger partial charge in [0.1, 0.15) is 0 Å². The highest BCUT2D eigenvalue weighted by Gasteiger charge is 2.13. The minimum absolute atomic E-state index is 0.307. The smallest absolute Gasteiger partial charge is 0.332 e. The summed E-state index contributed by atoms with van der Waals surface area (Å²) in [5.41, 5.74) is 3.07. The normalized spacial score (nSPS) is 15.9. The Hall–Kier alpha value is -2.03. The third-order valence-electron chi connectivity index (χ3n) is 2.67. The molecule has 0 atom stereocenters. The molecule has 1 aromatic rings. The second-order valence-corrected chi connectivity index (χ2v) is 3.77. The highest BCUT2D eigenvalue weighted by atomic mass is 16.5. The number of hydrogen-bond donors (Lipinski definition) is 0. The zero-order valence-electron chi connectivity index (χ0n) is 10.0. The summed E-state index contributed by atoms with van der Waals surface area (Å²) in [6, 6.07) is 8.05. The van der Waals surface area contributed by atoms with Gasteiger partial charge in [-0.3, -0.25) is 0 Å². The molecule has 0 fully saturated rings. The van der Waals surface area contributed by atoms with Gasteiger partial charge in [-0.15, -0.1) is 0 Å². The van der Waals surface area contributed by atoms with Crippen LogP contribution in [0.4, 0.5) is 5.69 Å². The van der Waals surface area contributed by atoms with Crippen molar-refractivity contribution in [2.45, 2.75) is 6.92 Å². The number of esters is 1. The van der Waals surface area contributed by atoms with Crippen LogP contribution in [0.3, 0.4) is 0 Å². The van der Waals surface area contributed by atoms with Gasteiger partial charge < -0.3 is 9.64 Å². The topological polar surface area (TPSA) is 29.5 Å². The number of anilines is 1. The first-order chi connectivity index (χ1) is 8.22. The molecule has 1 aliphatic heterocycles. The summed E-state index contributed by atoms with van der Waals surface area (Å²) < 4.78 is 4.91. The highest BCUT2D eigenvalue weighted by Crippen LogP contribution is 2.28. The molecule has 0 amide bonds. The molecule has 1 aliphatic rings. The van der Waals surface area contributed by atoms with E-state index in [1.807, 2.05) is 48.4 Å². The fourth-order valence-corrected chi connectivity index (χ4v) is 1.81. The maximum Gasteiger partial charge on any atom is 0.332 e. The third kappa shape index (κ3) is 2.38. The Bertz CT molecular complexity index is 489. The van der Waals surface area contributed by atoms with Gasteiger partial charge >= 0.3 is 5.97 Å². The molecule has 17 heavy (non-hydrogen) atoms. The first-order valence-corrected chi connectivity index (χ1v) is 5.61. The fourth-order valence-electron chi connectivity index (χ4n) is 1.81. The van der Waals surface area contributed by atoms with Gasteiger partial charge in [0, 0.05) is 24.5 Å². The molecule has 0 radical (unpaired) electrons. The second kappa shape index (κ2) is 4.87. The minimum atomic E-state index is -0.307. The van der Waals surface area contributed by atoms with Crippen LogP contribution >= 0.6 is 0 Å². The molecule has 0 aromatic heterocycles. The van der Waals surface area contributed by atoms with Gasteiger partial charge in [0.25, 0.3) is 0 Å². The molecule has 0 saturated carbocycles. The lowest BCUT2D eigenvalue weighted by Crippen LogP contribution is -2.20. The molecule has 0 spiro atoms. The van der Waals surface area contributed by atoms with Crippen molar-refractivity contribution < 1.29 is 9.53 Å². The van der Waals surface area contributed by atoms with Crippen LogP contribution in [0.15, 0.2) is 42.1 Å². The van der Waals surface area contributed by atoms with Gasteiger partial charge in [-0.2, -0.15) is 0 Å². The second-order valence-electron chi connectivity index (χ2n) is 3.77. The average molecular weight is 229 g/mol. The van der Waals surface area contributed by atoms with Crippen molar-refractivity contribution in [3.63, 3.8) is 0 Å². The summed E-state index contributed by atoms with van der Waals surface area (Å²) in [5, 5.41) is 0. The van der Waals surface area contributed by atoms with E-state index in [4.69, 9.17) is 4.74 Å². The van der Waals surface area contributed by atoms with E-state index >= 15 is 0 Å². The number of likely N-dealkylation sites (N-methyl/N-ethyl adjacent to an activating group) is 1. The molecule has 0 N–H and O–H groups in total. The van der Waals surface area contributed by atoms with Crippen LogP contribution in [0.5, 0.6) is 0 Å². The monoisotopic (exact) mass is 229 g/mol. The van der Waals surface area contributed by atoms with Crippen LogP contribution in [0.1, 0.15) is 12.5 Å². The molecule has 0 saturated heterocycles. The number of benzene rings is 1. The van der Waals surface area contributed by atoms with Gasteiger partial charge in [-0.25, -0.2) is 4.79 Å². The molecule has 88 valence electrons. The Balaban J connectivity index is 2.29. The highest BCUT2D eigenvalue weighted by molar-refractivity contribution is 5.87.